The maximum atomic E-state index is 12.6. The second kappa shape index (κ2) is 10.7. The SMILES string of the molecule is CCOc1cc(-c2ccc(N3CCC(C)(NC(=O)C(CC)NC(=O)O)CC3)nc2)c2c(C#N)cnn2c1. The van der Waals surface area contributed by atoms with Crippen molar-refractivity contribution in [2.24, 2.45) is 0 Å². The molecule has 3 N–H and O–H groups in total. The zero-order chi connectivity index (χ0) is 26.6. The van der Waals surface area contributed by atoms with Crippen molar-refractivity contribution in [3.8, 4) is 22.9 Å². The van der Waals surface area contributed by atoms with Gasteiger partial charge in [0.25, 0.3) is 0 Å². The lowest BCUT2D eigenvalue weighted by atomic mass is 9.89. The van der Waals surface area contributed by atoms with Crippen LogP contribution in [0.4, 0.5) is 10.6 Å². The van der Waals surface area contributed by atoms with Crippen LogP contribution in [0.3, 0.4) is 0 Å². The van der Waals surface area contributed by atoms with Crippen LogP contribution in [0.25, 0.3) is 16.6 Å². The summed E-state index contributed by atoms with van der Waals surface area (Å²) in [5, 5.41) is 28.1. The van der Waals surface area contributed by atoms with Gasteiger partial charge in [0.2, 0.25) is 5.91 Å². The average Bonchev–Trinajstić information content (AvgIpc) is 3.30. The zero-order valence-electron chi connectivity index (χ0n) is 21.2. The van der Waals surface area contributed by atoms with Gasteiger partial charge in [0.1, 0.15) is 23.7 Å². The summed E-state index contributed by atoms with van der Waals surface area (Å²) in [6, 6.07) is 7.25. The van der Waals surface area contributed by atoms with Crippen LogP contribution in [-0.2, 0) is 4.79 Å². The molecule has 0 aromatic carbocycles. The fourth-order valence-electron chi connectivity index (χ4n) is 4.62. The Kier molecular flexibility index (Phi) is 7.47. The molecule has 11 heteroatoms. The van der Waals surface area contributed by atoms with Crippen molar-refractivity contribution >= 4 is 23.3 Å². The predicted molar refractivity (Wildman–Crippen MR) is 138 cm³/mol. The van der Waals surface area contributed by atoms with Gasteiger partial charge in [-0.3, -0.25) is 4.79 Å². The molecule has 1 saturated heterocycles. The van der Waals surface area contributed by atoms with Gasteiger partial charge in [-0.2, -0.15) is 10.4 Å². The molecule has 4 rings (SSSR count). The third-order valence-corrected chi connectivity index (χ3v) is 6.72. The standard InChI is InChI=1S/C26H31N7O4/c1-4-21(30-25(35)36)24(34)31-26(3)8-10-32(11-9-26)22-7-6-17(14-28-22)20-12-19(37-5-2)16-33-23(20)18(13-27)15-29-33/h6-7,12,14-16,21,30H,4-5,8-11H2,1-3H3,(H,31,34)(H,35,36). The second-order valence-corrected chi connectivity index (χ2v) is 9.34. The minimum absolute atomic E-state index is 0.305. The highest BCUT2D eigenvalue weighted by Crippen LogP contribution is 2.32. The molecule has 37 heavy (non-hydrogen) atoms. The Morgan fingerprint density at radius 3 is 2.62 bits per heavy atom. The van der Waals surface area contributed by atoms with Crippen LogP contribution < -0.4 is 20.3 Å². The number of nitrogens with one attached hydrogen (secondary N) is 2. The van der Waals surface area contributed by atoms with Gasteiger partial charge in [0.05, 0.1) is 30.1 Å². The largest absolute Gasteiger partial charge is 0.492 e. The van der Waals surface area contributed by atoms with Crippen molar-refractivity contribution in [2.45, 2.75) is 51.6 Å². The quantitative estimate of drug-likeness (QED) is 0.423. The van der Waals surface area contributed by atoms with Gasteiger partial charge < -0.3 is 25.4 Å². The number of amides is 2. The molecule has 1 atom stereocenters. The molecule has 3 aromatic heterocycles. The summed E-state index contributed by atoms with van der Waals surface area (Å²) in [5.74, 6) is 1.17. The lowest BCUT2D eigenvalue weighted by Gasteiger charge is -2.41. The van der Waals surface area contributed by atoms with Crippen LogP contribution in [0.1, 0.15) is 45.6 Å². The van der Waals surface area contributed by atoms with E-state index in [0.29, 0.717) is 55.8 Å². The fraction of sp³-hybridized carbons (Fsp3) is 0.423. The number of ether oxygens (including phenoxy) is 1. The minimum atomic E-state index is -1.21. The van der Waals surface area contributed by atoms with Crippen LogP contribution in [0, 0.1) is 11.3 Å². The Bertz CT molecular complexity index is 1320. The van der Waals surface area contributed by atoms with E-state index in [4.69, 9.17) is 14.8 Å². The number of carboxylic acid groups (broad SMARTS) is 1. The third-order valence-electron chi connectivity index (χ3n) is 6.72. The Balaban J connectivity index is 1.48. The van der Waals surface area contributed by atoms with Crippen LogP contribution in [0.2, 0.25) is 0 Å². The van der Waals surface area contributed by atoms with Gasteiger partial charge in [-0.1, -0.05) is 6.92 Å². The first-order valence-electron chi connectivity index (χ1n) is 12.3. The van der Waals surface area contributed by atoms with Gasteiger partial charge in [-0.05, 0) is 51.3 Å². The van der Waals surface area contributed by atoms with Crippen molar-refractivity contribution in [3.63, 3.8) is 0 Å². The zero-order valence-corrected chi connectivity index (χ0v) is 21.2. The topological polar surface area (TPSA) is 145 Å². The third kappa shape index (κ3) is 5.58. The highest BCUT2D eigenvalue weighted by molar-refractivity contribution is 5.86. The monoisotopic (exact) mass is 505 g/mol. The van der Waals surface area contributed by atoms with E-state index >= 15 is 0 Å². The summed E-state index contributed by atoms with van der Waals surface area (Å²) in [4.78, 5) is 30.4. The molecule has 1 fully saturated rings. The van der Waals surface area contributed by atoms with E-state index in [1.54, 1.807) is 30.0 Å². The number of aromatic nitrogens is 3. The minimum Gasteiger partial charge on any atom is -0.492 e. The molecule has 0 bridgehead atoms. The van der Waals surface area contributed by atoms with Crippen LogP contribution in [-0.4, -0.2) is 63.0 Å². The van der Waals surface area contributed by atoms with Gasteiger partial charge in [0, 0.05) is 36.0 Å². The first-order chi connectivity index (χ1) is 17.8. The molecule has 4 heterocycles. The fourth-order valence-corrected chi connectivity index (χ4v) is 4.62. The number of carbonyl (C=O) groups excluding carboxylic acids is 1. The molecule has 1 aliphatic heterocycles. The number of nitriles is 1. The van der Waals surface area contributed by atoms with E-state index < -0.39 is 17.7 Å². The molecule has 0 saturated carbocycles. The van der Waals surface area contributed by atoms with Crippen molar-refractivity contribution in [2.75, 3.05) is 24.6 Å². The summed E-state index contributed by atoms with van der Waals surface area (Å²) in [6.45, 7) is 7.56. The number of nitrogens with zero attached hydrogens (tertiary/aromatic N) is 5. The Hall–Kier alpha value is -4.33. The van der Waals surface area contributed by atoms with Crippen LogP contribution in [0.15, 0.2) is 36.8 Å². The normalized spacial score (nSPS) is 15.6. The lowest BCUT2D eigenvalue weighted by Crippen LogP contribution is -2.58. The van der Waals surface area contributed by atoms with E-state index in [9.17, 15) is 14.9 Å². The Labute approximate surface area is 215 Å². The van der Waals surface area contributed by atoms with E-state index in [-0.39, 0.29) is 5.91 Å². The number of pyridine rings is 2. The van der Waals surface area contributed by atoms with Crippen molar-refractivity contribution in [1.82, 2.24) is 25.2 Å². The molecule has 1 aliphatic rings. The summed E-state index contributed by atoms with van der Waals surface area (Å²) in [7, 11) is 0. The number of hydrogen-bond acceptors (Lipinski definition) is 7. The number of fused-ring (bicyclic) bond motifs is 1. The smallest absolute Gasteiger partial charge is 0.405 e. The molecular formula is C26H31N7O4. The number of hydrogen-bond donors (Lipinski definition) is 3. The van der Waals surface area contributed by atoms with Crippen molar-refractivity contribution in [3.05, 3.63) is 42.4 Å². The highest BCUT2D eigenvalue weighted by atomic mass is 16.5. The molecule has 194 valence electrons. The summed E-state index contributed by atoms with van der Waals surface area (Å²) in [6.07, 6.45) is 5.65. The molecule has 0 spiro atoms. The first-order valence-corrected chi connectivity index (χ1v) is 12.3. The van der Waals surface area contributed by atoms with E-state index in [0.717, 1.165) is 16.9 Å². The maximum absolute atomic E-state index is 12.6. The maximum Gasteiger partial charge on any atom is 0.405 e. The molecule has 0 radical (unpaired) electrons. The van der Waals surface area contributed by atoms with Crippen LogP contribution >= 0.6 is 0 Å². The van der Waals surface area contributed by atoms with E-state index in [2.05, 4.69) is 26.7 Å². The average molecular weight is 506 g/mol. The number of carbonyl (C=O) groups is 2. The summed E-state index contributed by atoms with van der Waals surface area (Å²) in [5.41, 5.74) is 2.41. The molecule has 2 amide bonds. The van der Waals surface area contributed by atoms with Crippen molar-refractivity contribution in [1.29, 1.82) is 5.26 Å². The Morgan fingerprint density at radius 1 is 1.27 bits per heavy atom. The second-order valence-electron chi connectivity index (χ2n) is 9.34. The van der Waals surface area contributed by atoms with E-state index in [1.807, 2.05) is 32.0 Å². The predicted octanol–water partition coefficient (Wildman–Crippen LogP) is 3.19. The molecule has 1 unspecified atom stereocenters. The molecule has 0 aliphatic carbocycles. The lowest BCUT2D eigenvalue weighted by molar-refractivity contribution is -0.125. The van der Waals surface area contributed by atoms with Gasteiger partial charge >= 0.3 is 6.09 Å². The number of piperidine rings is 1. The van der Waals surface area contributed by atoms with Crippen molar-refractivity contribution < 1.29 is 19.4 Å². The van der Waals surface area contributed by atoms with Gasteiger partial charge in [0.15, 0.2) is 0 Å². The first kappa shape index (κ1) is 25.8. The van der Waals surface area contributed by atoms with E-state index in [1.165, 1.54) is 0 Å². The molecule has 11 nitrogen and oxygen atoms in total. The molecule has 3 aromatic rings. The number of rotatable bonds is 8. The highest BCUT2D eigenvalue weighted by Gasteiger charge is 2.34. The van der Waals surface area contributed by atoms with Crippen LogP contribution in [0.5, 0.6) is 5.75 Å². The summed E-state index contributed by atoms with van der Waals surface area (Å²) < 4.78 is 7.34. The summed E-state index contributed by atoms with van der Waals surface area (Å²) >= 11 is 0. The number of anilines is 1. The van der Waals surface area contributed by atoms with Gasteiger partial charge in [-0.15, -0.1) is 0 Å². The van der Waals surface area contributed by atoms with Gasteiger partial charge in [-0.25, -0.2) is 14.3 Å². The Morgan fingerprint density at radius 2 is 2.03 bits per heavy atom. The molecular weight excluding hydrogens is 474 g/mol.